The summed E-state index contributed by atoms with van der Waals surface area (Å²) in [6.45, 7) is 1.19. The molecule has 0 spiro atoms. The van der Waals surface area contributed by atoms with Gasteiger partial charge < -0.3 is 16.0 Å². The molecule has 0 atom stereocenters. The topological polar surface area (TPSA) is 78.9 Å². The van der Waals surface area contributed by atoms with Gasteiger partial charge in [0.1, 0.15) is 15.4 Å². The van der Waals surface area contributed by atoms with Gasteiger partial charge in [-0.1, -0.05) is 17.4 Å². The molecule has 0 aliphatic carbocycles. The fraction of sp³-hybridized carbons (Fsp3) is 0.133. The zero-order chi connectivity index (χ0) is 14.9. The zero-order valence-corrected chi connectivity index (χ0v) is 12.4. The van der Waals surface area contributed by atoms with E-state index in [0.717, 1.165) is 32.3 Å². The van der Waals surface area contributed by atoms with Gasteiger partial charge in [-0.05, 0) is 29.8 Å². The van der Waals surface area contributed by atoms with Gasteiger partial charge in [-0.25, -0.2) is 14.8 Å². The van der Waals surface area contributed by atoms with Crippen LogP contribution in [0, 0.1) is 0 Å². The molecular formula is C15H13N5OS. The van der Waals surface area contributed by atoms with E-state index in [-0.39, 0.29) is 6.03 Å². The average molecular weight is 311 g/mol. The predicted octanol–water partition coefficient (Wildman–Crippen LogP) is 2.94. The van der Waals surface area contributed by atoms with E-state index in [1.54, 1.807) is 17.5 Å². The molecule has 0 saturated heterocycles. The lowest BCUT2D eigenvalue weighted by molar-refractivity contribution is 0.251. The van der Waals surface area contributed by atoms with Crippen molar-refractivity contribution in [3.63, 3.8) is 0 Å². The highest BCUT2D eigenvalue weighted by molar-refractivity contribution is 7.18. The van der Waals surface area contributed by atoms with Gasteiger partial charge in [-0.3, -0.25) is 0 Å². The molecular weight excluding hydrogens is 298 g/mol. The van der Waals surface area contributed by atoms with Crippen LogP contribution in [-0.4, -0.2) is 16.0 Å². The van der Waals surface area contributed by atoms with Crippen molar-refractivity contribution >= 4 is 39.1 Å². The van der Waals surface area contributed by atoms with Crippen molar-refractivity contribution in [3.8, 4) is 0 Å². The Bertz CT molecular complexity index is 827. The maximum atomic E-state index is 11.4. The molecule has 3 heterocycles. The van der Waals surface area contributed by atoms with Crippen LogP contribution in [0.2, 0.25) is 0 Å². The van der Waals surface area contributed by atoms with Crippen LogP contribution in [0.4, 0.5) is 16.2 Å². The first kappa shape index (κ1) is 13.0. The van der Waals surface area contributed by atoms with E-state index in [9.17, 15) is 4.79 Å². The van der Waals surface area contributed by atoms with Crippen molar-refractivity contribution in [2.24, 2.45) is 0 Å². The number of amides is 2. The quantitative estimate of drug-likeness (QED) is 0.695. The summed E-state index contributed by atoms with van der Waals surface area (Å²) in [5.41, 5.74) is 3.80. The van der Waals surface area contributed by atoms with Gasteiger partial charge in [0.05, 0.1) is 6.54 Å². The Balaban J connectivity index is 1.51. The monoisotopic (exact) mass is 311 g/mol. The van der Waals surface area contributed by atoms with E-state index in [4.69, 9.17) is 0 Å². The van der Waals surface area contributed by atoms with Gasteiger partial charge in [0.25, 0.3) is 0 Å². The number of thiazole rings is 1. The molecule has 4 rings (SSSR count). The molecule has 1 aromatic carbocycles. The summed E-state index contributed by atoms with van der Waals surface area (Å²) in [5, 5.41) is 9.87. The highest BCUT2D eigenvalue weighted by Crippen LogP contribution is 2.25. The zero-order valence-electron chi connectivity index (χ0n) is 11.6. The molecule has 1 aliphatic rings. The normalized spacial score (nSPS) is 13.4. The Morgan fingerprint density at radius 2 is 2.27 bits per heavy atom. The third-order valence-electron chi connectivity index (χ3n) is 3.45. The Morgan fingerprint density at radius 3 is 3.18 bits per heavy atom. The van der Waals surface area contributed by atoms with E-state index in [1.165, 1.54) is 0 Å². The molecule has 0 saturated carbocycles. The van der Waals surface area contributed by atoms with E-state index in [2.05, 4.69) is 25.9 Å². The van der Waals surface area contributed by atoms with Crippen LogP contribution in [0.3, 0.4) is 0 Å². The summed E-state index contributed by atoms with van der Waals surface area (Å²) >= 11 is 1.58. The van der Waals surface area contributed by atoms with E-state index in [0.29, 0.717) is 13.1 Å². The Labute approximate surface area is 130 Å². The van der Waals surface area contributed by atoms with Crippen LogP contribution in [-0.2, 0) is 13.1 Å². The molecule has 0 radical (unpaired) electrons. The van der Waals surface area contributed by atoms with Crippen molar-refractivity contribution in [1.82, 2.24) is 15.3 Å². The summed E-state index contributed by atoms with van der Waals surface area (Å²) in [4.78, 5) is 21.1. The summed E-state index contributed by atoms with van der Waals surface area (Å²) < 4.78 is 0. The number of hydrogen-bond donors (Lipinski definition) is 3. The van der Waals surface area contributed by atoms with Crippen molar-refractivity contribution in [2.75, 3.05) is 10.6 Å². The minimum Gasteiger partial charge on any atom is -0.378 e. The number of benzene rings is 1. The van der Waals surface area contributed by atoms with Crippen LogP contribution < -0.4 is 16.0 Å². The molecule has 22 heavy (non-hydrogen) atoms. The minimum atomic E-state index is -0.165. The number of fused-ring (bicyclic) bond motifs is 2. The number of nitrogens with one attached hydrogen (secondary N) is 3. The summed E-state index contributed by atoms with van der Waals surface area (Å²) in [6.07, 6.45) is 1.78. The Hall–Kier alpha value is -2.67. The minimum absolute atomic E-state index is 0.165. The average Bonchev–Trinajstić information content (AvgIpc) is 2.95. The van der Waals surface area contributed by atoms with E-state index in [1.807, 2.05) is 30.3 Å². The molecule has 3 N–H and O–H groups in total. The van der Waals surface area contributed by atoms with Gasteiger partial charge >= 0.3 is 6.03 Å². The number of rotatable bonds is 3. The predicted molar refractivity (Wildman–Crippen MR) is 87.0 cm³/mol. The molecule has 3 aromatic rings. The number of aromatic nitrogens is 2. The molecule has 2 aromatic heterocycles. The van der Waals surface area contributed by atoms with Crippen LogP contribution >= 0.6 is 11.3 Å². The molecule has 1 aliphatic heterocycles. The summed E-state index contributed by atoms with van der Waals surface area (Å²) in [6, 6.07) is 9.64. The first-order valence-electron chi connectivity index (χ1n) is 6.90. The van der Waals surface area contributed by atoms with Crippen LogP contribution in [0.15, 0.2) is 36.5 Å². The maximum Gasteiger partial charge on any atom is 0.319 e. The van der Waals surface area contributed by atoms with E-state index < -0.39 is 0 Å². The molecule has 0 unspecified atom stereocenters. The smallest absolute Gasteiger partial charge is 0.319 e. The molecule has 0 bridgehead atoms. The fourth-order valence-electron chi connectivity index (χ4n) is 2.37. The third kappa shape index (κ3) is 2.46. The van der Waals surface area contributed by atoms with Crippen molar-refractivity contribution < 1.29 is 4.79 Å². The van der Waals surface area contributed by atoms with Gasteiger partial charge in [0, 0.05) is 24.1 Å². The first-order chi connectivity index (χ1) is 10.8. The number of pyridine rings is 1. The van der Waals surface area contributed by atoms with Crippen LogP contribution in [0.1, 0.15) is 10.6 Å². The molecule has 6 nitrogen and oxygen atoms in total. The number of hydrogen-bond acceptors (Lipinski definition) is 5. The lowest BCUT2D eigenvalue weighted by Gasteiger charge is -2.19. The highest BCUT2D eigenvalue weighted by Gasteiger charge is 2.13. The second kappa shape index (κ2) is 5.27. The van der Waals surface area contributed by atoms with Crippen molar-refractivity contribution in [1.29, 1.82) is 0 Å². The van der Waals surface area contributed by atoms with Crippen LogP contribution in [0.5, 0.6) is 0 Å². The summed E-state index contributed by atoms with van der Waals surface area (Å²) in [7, 11) is 0. The lowest BCUT2D eigenvalue weighted by atomic mass is 10.1. The SMILES string of the molecule is O=C1NCc2ccc(NCc3nc4cccnc4s3)cc2N1. The van der Waals surface area contributed by atoms with Crippen molar-refractivity contribution in [3.05, 3.63) is 47.1 Å². The fourth-order valence-corrected chi connectivity index (χ4v) is 3.21. The molecule has 110 valence electrons. The number of carbonyl (C=O) groups excluding carboxylic acids is 1. The maximum absolute atomic E-state index is 11.4. The molecule has 2 amide bonds. The van der Waals surface area contributed by atoms with Gasteiger partial charge in [-0.15, -0.1) is 0 Å². The van der Waals surface area contributed by atoms with Gasteiger partial charge in [-0.2, -0.15) is 0 Å². The molecule has 0 fully saturated rings. The van der Waals surface area contributed by atoms with Crippen LogP contribution in [0.25, 0.3) is 10.3 Å². The van der Waals surface area contributed by atoms with E-state index >= 15 is 0 Å². The first-order valence-corrected chi connectivity index (χ1v) is 7.72. The van der Waals surface area contributed by atoms with Crippen molar-refractivity contribution in [2.45, 2.75) is 13.1 Å². The van der Waals surface area contributed by atoms with Gasteiger partial charge in [0.15, 0.2) is 0 Å². The number of nitrogens with zero attached hydrogens (tertiary/aromatic N) is 2. The van der Waals surface area contributed by atoms with Gasteiger partial charge in [0.2, 0.25) is 0 Å². The summed E-state index contributed by atoms with van der Waals surface area (Å²) in [5.74, 6) is 0. The number of urea groups is 1. The Morgan fingerprint density at radius 1 is 1.32 bits per heavy atom. The molecule has 7 heteroatoms. The standard InChI is InChI=1S/C15H13N5OS/c21-15-18-7-9-3-4-10(6-12(9)20-15)17-8-13-19-11-2-1-5-16-14(11)22-13/h1-6,17H,7-8H2,(H2,18,20,21). The largest absolute Gasteiger partial charge is 0.378 e. The lowest BCUT2D eigenvalue weighted by Crippen LogP contribution is -2.33. The number of anilines is 2. The Kier molecular flexibility index (Phi) is 3.12. The highest BCUT2D eigenvalue weighted by atomic mass is 32.1. The third-order valence-corrected chi connectivity index (χ3v) is 4.43. The second-order valence-corrected chi connectivity index (χ2v) is 6.03. The second-order valence-electron chi connectivity index (χ2n) is 4.97. The number of carbonyl (C=O) groups is 1.